The Labute approximate surface area is 193 Å². The number of aryl methyl sites for hydroxylation is 1. The van der Waals surface area contributed by atoms with Crippen LogP contribution in [-0.2, 0) is 4.79 Å². The predicted octanol–water partition coefficient (Wildman–Crippen LogP) is 3.44. The Morgan fingerprint density at radius 2 is 1.53 bits per heavy atom. The minimum absolute atomic E-state index is 0.0251. The molecule has 2 aromatic heterocycles. The second-order valence-corrected chi connectivity index (χ2v) is 7.78. The number of amides is 1. The van der Waals surface area contributed by atoms with Gasteiger partial charge in [0.15, 0.2) is 5.78 Å². The van der Waals surface area contributed by atoms with Gasteiger partial charge < -0.3 is 19.3 Å². The number of fused-ring (bicyclic) bond motifs is 1. The molecule has 34 heavy (non-hydrogen) atoms. The molecule has 11 heteroatoms. The normalized spacial score (nSPS) is 13.9. The van der Waals surface area contributed by atoms with Crippen molar-refractivity contribution in [2.75, 3.05) is 31.1 Å². The molecule has 3 heterocycles. The quantitative estimate of drug-likeness (QED) is 0.582. The van der Waals surface area contributed by atoms with E-state index in [1.54, 1.807) is 13.1 Å². The van der Waals surface area contributed by atoms with Crippen molar-refractivity contribution >= 4 is 29.0 Å². The van der Waals surface area contributed by atoms with Crippen molar-refractivity contribution in [2.45, 2.75) is 20.0 Å². The van der Waals surface area contributed by atoms with E-state index in [0.717, 1.165) is 35.6 Å². The zero-order chi connectivity index (χ0) is 25.0. The number of hydrogen-bond donors (Lipinski definition) is 1. The summed E-state index contributed by atoms with van der Waals surface area (Å²) in [5.41, 5.74) is 4.20. The summed E-state index contributed by atoms with van der Waals surface area (Å²) in [5.74, 6) is -2.71. The second kappa shape index (κ2) is 9.94. The highest BCUT2D eigenvalue weighted by Gasteiger charge is 2.38. The average Bonchev–Trinajstić information content (AvgIpc) is 3.22. The van der Waals surface area contributed by atoms with Gasteiger partial charge in [-0.2, -0.15) is 13.2 Å². The Bertz CT molecular complexity index is 1200. The smallest absolute Gasteiger partial charge is 0.475 e. The lowest BCUT2D eigenvalue weighted by Gasteiger charge is -2.35. The van der Waals surface area contributed by atoms with E-state index in [0.29, 0.717) is 18.8 Å². The van der Waals surface area contributed by atoms with E-state index in [9.17, 15) is 22.8 Å². The van der Waals surface area contributed by atoms with Gasteiger partial charge in [0.25, 0.3) is 5.91 Å². The van der Waals surface area contributed by atoms with Crippen molar-refractivity contribution in [3.05, 3.63) is 65.6 Å². The van der Waals surface area contributed by atoms with Crippen LogP contribution in [0.15, 0.2) is 48.8 Å². The number of hydrogen-bond acceptors (Lipinski definition) is 5. The molecule has 0 spiro atoms. The number of benzene rings is 1. The number of carboxylic acid groups (broad SMARTS) is 1. The average molecular weight is 476 g/mol. The first-order valence-corrected chi connectivity index (χ1v) is 10.4. The van der Waals surface area contributed by atoms with Gasteiger partial charge in [-0.3, -0.25) is 9.59 Å². The number of ketones is 1. The SMILES string of the molecule is CC(=O)c1ccc(N2CCN(C(=O)c3cn4cc(C)ccc4n3)CC2)cc1.O=C(O)C(F)(F)F. The topological polar surface area (TPSA) is 95.2 Å². The number of Topliss-reactive ketones (excluding diaryl/α,β-unsaturated/α-hetero) is 1. The third-order valence-electron chi connectivity index (χ3n) is 5.27. The first-order valence-electron chi connectivity index (χ1n) is 10.4. The fourth-order valence-corrected chi connectivity index (χ4v) is 3.44. The minimum Gasteiger partial charge on any atom is -0.475 e. The molecule has 1 aromatic carbocycles. The summed E-state index contributed by atoms with van der Waals surface area (Å²) < 4.78 is 33.6. The van der Waals surface area contributed by atoms with Gasteiger partial charge in [0.2, 0.25) is 0 Å². The maximum absolute atomic E-state index is 12.8. The molecule has 180 valence electrons. The molecule has 0 radical (unpaired) electrons. The highest BCUT2D eigenvalue weighted by molar-refractivity contribution is 5.94. The highest BCUT2D eigenvalue weighted by atomic mass is 19.4. The minimum atomic E-state index is -5.08. The highest BCUT2D eigenvalue weighted by Crippen LogP contribution is 2.19. The van der Waals surface area contributed by atoms with E-state index in [-0.39, 0.29) is 11.7 Å². The first kappa shape index (κ1) is 24.7. The molecule has 0 saturated carbocycles. The van der Waals surface area contributed by atoms with Crippen LogP contribution in [0.3, 0.4) is 0 Å². The van der Waals surface area contributed by atoms with Crippen LogP contribution in [0, 0.1) is 6.92 Å². The zero-order valence-corrected chi connectivity index (χ0v) is 18.5. The number of carbonyl (C=O) groups excluding carboxylic acids is 2. The van der Waals surface area contributed by atoms with Crippen molar-refractivity contribution in [1.29, 1.82) is 0 Å². The third kappa shape index (κ3) is 5.91. The number of anilines is 1. The lowest BCUT2D eigenvalue weighted by Crippen LogP contribution is -2.48. The summed E-state index contributed by atoms with van der Waals surface area (Å²) in [4.78, 5) is 41.7. The number of aromatic nitrogens is 2. The fourth-order valence-electron chi connectivity index (χ4n) is 3.44. The van der Waals surface area contributed by atoms with Gasteiger partial charge in [-0.1, -0.05) is 6.07 Å². The van der Waals surface area contributed by atoms with Crippen LogP contribution in [0.25, 0.3) is 5.65 Å². The van der Waals surface area contributed by atoms with Crippen LogP contribution in [0.4, 0.5) is 18.9 Å². The summed E-state index contributed by atoms with van der Waals surface area (Å²) in [5, 5.41) is 7.12. The molecule has 1 N–H and O–H groups in total. The number of pyridine rings is 1. The molecule has 3 aromatic rings. The van der Waals surface area contributed by atoms with Crippen LogP contribution in [0.5, 0.6) is 0 Å². The number of nitrogens with zero attached hydrogens (tertiary/aromatic N) is 4. The lowest BCUT2D eigenvalue weighted by atomic mass is 10.1. The van der Waals surface area contributed by atoms with Gasteiger partial charge in [0.05, 0.1) is 0 Å². The lowest BCUT2D eigenvalue weighted by molar-refractivity contribution is -0.192. The summed E-state index contributed by atoms with van der Waals surface area (Å²) in [6.07, 6.45) is -1.31. The Balaban J connectivity index is 0.000000406. The Kier molecular flexibility index (Phi) is 7.23. The molecular formula is C23H23F3N4O4. The van der Waals surface area contributed by atoms with E-state index < -0.39 is 12.1 Å². The van der Waals surface area contributed by atoms with Gasteiger partial charge in [-0.25, -0.2) is 9.78 Å². The molecule has 0 atom stereocenters. The maximum Gasteiger partial charge on any atom is 0.490 e. The van der Waals surface area contributed by atoms with Gasteiger partial charge in [-0.15, -0.1) is 0 Å². The number of aliphatic carboxylic acids is 1. The Morgan fingerprint density at radius 3 is 2.06 bits per heavy atom. The van der Waals surface area contributed by atoms with Crippen LogP contribution in [0.1, 0.15) is 33.3 Å². The number of carboxylic acids is 1. The Morgan fingerprint density at radius 1 is 0.941 bits per heavy atom. The maximum atomic E-state index is 12.8. The molecule has 8 nitrogen and oxygen atoms in total. The number of alkyl halides is 3. The summed E-state index contributed by atoms with van der Waals surface area (Å²) in [6.45, 7) is 6.42. The van der Waals surface area contributed by atoms with Crippen molar-refractivity contribution < 1.29 is 32.7 Å². The molecule has 0 unspecified atom stereocenters. The van der Waals surface area contributed by atoms with Crippen LogP contribution >= 0.6 is 0 Å². The molecule has 0 bridgehead atoms. The molecule has 1 aliphatic heterocycles. The number of piperazine rings is 1. The van der Waals surface area contributed by atoms with Crippen molar-refractivity contribution in [3.8, 4) is 0 Å². The number of carbonyl (C=O) groups is 3. The van der Waals surface area contributed by atoms with Crippen LogP contribution < -0.4 is 4.90 Å². The molecule has 4 rings (SSSR count). The van der Waals surface area contributed by atoms with E-state index >= 15 is 0 Å². The van der Waals surface area contributed by atoms with Gasteiger partial charge in [0.1, 0.15) is 11.3 Å². The van der Waals surface area contributed by atoms with Crippen molar-refractivity contribution in [1.82, 2.24) is 14.3 Å². The molecular weight excluding hydrogens is 453 g/mol. The third-order valence-corrected chi connectivity index (χ3v) is 5.27. The summed E-state index contributed by atoms with van der Waals surface area (Å²) in [7, 11) is 0. The second-order valence-electron chi connectivity index (χ2n) is 7.78. The molecule has 1 fully saturated rings. The monoisotopic (exact) mass is 476 g/mol. The van der Waals surface area contributed by atoms with E-state index in [1.807, 2.05) is 58.8 Å². The number of halogens is 3. The van der Waals surface area contributed by atoms with Crippen LogP contribution in [-0.4, -0.2) is 69.4 Å². The Hall–Kier alpha value is -3.89. The predicted molar refractivity (Wildman–Crippen MR) is 118 cm³/mol. The van der Waals surface area contributed by atoms with Gasteiger partial charge >= 0.3 is 12.1 Å². The largest absolute Gasteiger partial charge is 0.490 e. The number of imidazole rings is 1. The fraction of sp³-hybridized carbons (Fsp3) is 0.304. The zero-order valence-electron chi connectivity index (χ0n) is 18.5. The number of rotatable bonds is 3. The molecule has 1 aliphatic rings. The molecule has 1 amide bonds. The van der Waals surface area contributed by atoms with Crippen molar-refractivity contribution in [2.24, 2.45) is 0 Å². The van der Waals surface area contributed by atoms with E-state index in [2.05, 4.69) is 9.88 Å². The van der Waals surface area contributed by atoms with Crippen LogP contribution in [0.2, 0.25) is 0 Å². The molecule has 0 aliphatic carbocycles. The summed E-state index contributed by atoms with van der Waals surface area (Å²) >= 11 is 0. The standard InChI is InChI=1S/C21H22N4O2.C2HF3O2/c1-15-3-8-20-22-19(14-25(20)13-15)21(27)24-11-9-23(10-12-24)18-6-4-17(5-7-18)16(2)26;3-2(4,5)1(6)7/h3-8,13-14H,9-12H2,1-2H3;(H,6,7). The first-order chi connectivity index (χ1) is 16.0. The van der Waals surface area contributed by atoms with E-state index in [4.69, 9.17) is 9.90 Å². The summed E-state index contributed by atoms with van der Waals surface area (Å²) in [6, 6.07) is 11.6. The van der Waals surface area contributed by atoms with Gasteiger partial charge in [0, 0.05) is 49.8 Å². The van der Waals surface area contributed by atoms with Crippen molar-refractivity contribution in [3.63, 3.8) is 0 Å². The van der Waals surface area contributed by atoms with Gasteiger partial charge in [-0.05, 0) is 49.7 Å². The van der Waals surface area contributed by atoms with E-state index in [1.165, 1.54) is 0 Å². The molecule has 1 saturated heterocycles.